The van der Waals surface area contributed by atoms with Crippen LogP contribution in [-0.2, 0) is 30.4 Å². The first-order valence-corrected chi connectivity index (χ1v) is 10.9. The summed E-state index contributed by atoms with van der Waals surface area (Å²) < 4.78 is 16.5. The topological polar surface area (TPSA) is 85.4 Å². The maximum atomic E-state index is 12.5. The van der Waals surface area contributed by atoms with Crippen LogP contribution in [-0.4, -0.2) is 85.6 Å². The van der Waals surface area contributed by atoms with Crippen LogP contribution in [0.25, 0.3) is 0 Å². The SMILES string of the molecule is CCOC1C(=O)C(=O)C1N(C)CCC1CN(C(=O)OCc2cc(Cl)cc(Cl)c2)CCO1. The number of carbonyl (C=O) groups excluding carboxylic acids is 3. The highest BCUT2D eigenvalue weighted by Gasteiger charge is 2.51. The Morgan fingerprint density at radius 2 is 1.94 bits per heavy atom. The van der Waals surface area contributed by atoms with Gasteiger partial charge in [0.1, 0.15) is 18.8 Å². The molecule has 0 N–H and O–H groups in total. The zero-order valence-corrected chi connectivity index (χ0v) is 19.0. The van der Waals surface area contributed by atoms with Crippen molar-refractivity contribution in [2.75, 3.05) is 39.9 Å². The minimum Gasteiger partial charge on any atom is -0.445 e. The Bertz CT molecular complexity index is 816. The van der Waals surface area contributed by atoms with Crippen LogP contribution in [0.4, 0.5) is 4.79 Å². The van der Waals surface area contributed by atoms with Crippen LogP contribution in [0.3, 0.4) is 0 Å². The molecule has 0 bridgehead atoms. The quantitative estimate of drug-likeness (QED) is 0.537. The fourth-order valence-electron chi connectivity index (χ4n) is 3.73. The van der Waals surface area contributed by atoms with Gasteiger partial charge in [-0.25, -0.2) is 4.79 Å². The van der Waals surface area contributed by atoms with Gasteiger partial charge in [0.2, 0.25) is 11.6 Å². The molecule has 1 amide bonds. The fraction of sp³-hybridized carbons (Fsp3) is 0.571. The van der Waals surface area contributed by atoms with E-state index in [1.807, 2.05) is 4.90 Å². The Morgan fingerprint density at radius 3 is 2.61 bits per heavy atom. The van der Waals surface area contributed by atoms with Gasteiger partial charge in [-0.1, -0.05) is 23.2 Å². The smallest absolute Gasteiger partial charge is 0.410 e. The molecular formula is C21H26Cl2N2O6. The maximum absolute atomic E-state index is 12.5. The Kier molecular flexibility index (Phi) is 8.30. The van der Waals surface area contributed by atoms with Crippen LogP contribution in [0.5, 0.6) is 0 Å². The molecule has 170 valence electrons. The molecule has 31 heavy (non-hydrogen) atoms. The van der Waals surface area contributed by atoms with E-state index in [4.69, 9.17) is 37.4 Å². The molecule has 0 spiro atoms. The van der Waals surface area contributed by atoms with Gasteiger partial charge in [-0.2, -0.15) is 0 Å². The third kappa shape index (κ3) is 5.96. The van der Waals surface area contributed by atoms with Crippen molar-refractivity contribution in [3.05, 3.63) is 33.8 Å². The lowest BCUT2D eigenvalue weighted by Gasteiger charge is -2.39. The summed E-state index contributed by atoms with van der Waals surface area (Å²) >= 11 is 11.9. The molecule has 1 heterocycles. The molecule has 3 unspecified atom stereocenters. The average Bonchev–Trinajstić information content (AvgIpc) is 2.75. The first-order valence-electron chi connectivity index (χ1n) is 10.2. The molecule has 1 saturated heterocycles. The molecule has 3 rings (SSSR count). The van der Waals surface area contributed by atoms with Crippen LogP contribution >= 0.6 is 23.2 Å². The number of morpholine rings is 1. The van der Waals surface area contributed by atoms with Crippen molar-refractivity contribution < 1.29 is 28.6 Å². The van der Waals surface area contributed by atoms with Crippen molar-refractivity contribution in [3.8, 4) is 0 Å². The number of ketones is 2. The molecule has 3 atom stereocenters. The van der Waals surface area contributed by atoms with E-state index in [2.05, 4.69) is 0 Å². The van der Waals surface area contributed by atoms with Crippen molar-refractivity contribution in [2.45, 2.75) is 38.2 Å². The Labute approximate surface area is 191 Å². The lowest BCUT2D eigenvalue weighted by molar-refractivity contribution is -0.164. The first kappa shape index (κ1) is 23.9. The lowest BCUT2D eigenvalue weighted by atomic mass is 9.84. The average molecular weight is 473 g/mol. The van der Waals surface area contributed by atoms with Gasteiger partial charge < -0.3 is 19.1 Å². The second-order valence-electron chi connectivity index (χ2n) is 7.59. The summed E-state index contributed by atoms with van der Waals surface area (Å²) in [5.41, 5.74) is 0.709. The van der Waals surface area contributed by atoms with E-state index in [1.54, 1.807) is 37.1 Å². The van der Waals surface area contributed by atoms with E-state index in [0.29, 0.717) is 54.9 Å². The maximum Gasteiger partial charge on any atom is 0.410 e. The zero-order chi connectivity index (χ0) is 22.5. The van der Waals surface area contributed by atoms with Crippen LogP contribution < -0.4 is 0 Å². The molecular weight excluding hydrogens is 447 g/mol. The number of halogens is 2. The minimum absolute atomic E-state index is 0.0700. The van der Waals surface area contributed by atoms with Gasteiger partial charge in [0.05, 0.1) is 19.3 Å². The van der Waals surface area contributed by atoms with Gasteiger partial charge in [0, 0.05) is 29.7 Å². The number of likely N-dealkylation sites (N-methyl/N-ethyl adjacent to an activating group) is 1. The number of nitrogens with zero attached hydrogens (tertiary/aromatic N) is 2. The standard InChI is InChI=1S/C21H26Cl2N2O6/c1-3-29-20-17(18(26)19(20)27)24(2)5-4-16-11-25(6-7-30-16)21(28)31-12-13-8-14(22)10-15(23)9-13/h8-10,16-17,20H,3-7,11-12H2,1-2H3. The van der Waals surface area contributed by atoms with Crippen LogP contribution in [0, 0.1) is 0 Å². The summed E-state index contributed by atoms with van der Waals surface area (Å²) in [7, 11) is 1.78. The Hall–Kier alpha value is -1.71. The summed E-state index contributed by atoms with van der Waals surface area (Å²) in [6.07, 6.45) is -0.725. The molecule has 8 nitrogen and oxygen atoms in total. The van der Waals surface area contributed by atoms with Gasteiger partial charge in [0.15, 0.2) is 0 Å². The van der Waals surface area contributed by atoms with E-state index in [9.17, 15) is 14.4 Å². The number of carbonyl (C=O) groups is 3. The number of hydrogen-bond acceptors (Lipinski definition) is 7. The number of ether oxygens (including phenoxy) is 3. The second-order valence-corrected chi connectivity index (χ2v) is 8.46. The van der Waals surface area contributed by atoms with Crippen molar-refractivity contribution in [3.63, 3.8) is 0 Å². The van der Waals surface area contributed by atoms with Gasteiger partial charge in [-0.05, 0) is 44.2 Å². The monoisotopic (exact) mass is 472 g/mol. The predicted octanol–water partition coefficient (Wildman–Crippen LogP) is 2.58. The lowest BCUT2D eigenvalue weighted by Crippen LogP contribution is -2.65. The number of hydrogen-bond donors (Lipinski definition) is 0. The van der Waals surface area contributed by atoms with Crippen molar-refractivity contribution in [1.82, 2.24) is 9.80 Å². The normalized spacial score (nSPS) is 23.8. The van der Waals surface area contributed by atoms with Gasteiger partial charge in [0.25, 0.3) is 0 Å². The Balaban J connectivity index is 1.46. The molecule has 1 saturated carbocycles. The highest BCUT2D eigenvalue weighted by molar-refractivity contribution is 6.48. The second kappa shape index (κ2) is 10.7. The minimum atomic E-state index is -0.693. The summed E-state index contributed by atoms with van der Waals surface area (Å²) in [6.45, 7) is 3.98. The van der Waals surface area contributed by atoms with Crippen molar-refractivity contribution >= 4 is 40.9 Å². The van der Waals surface area contributed by atoms with E-state index < -0.39 is 29.8 Å². The number of benzene rings is 1. The molecule has 1 aliphatic carbocycles. The molecule has 0 aromatic heterocycles. The molecule has 1 aromatic carbocycles. The van der Waals surface area contributed by atoms with Gasteiger partial charge in [-0.15, -0.1) is 0 Å². The summed E-state index contributed by atoms with van der Waals surface area (Å²) in [5, 5.41) is 0.958. The molecule has 0 radical (unpaired) electrons. The Morgan fingerprint density at radius 1 is 1.23 bits per heavy atom. The first-order chi connectivity index (χ1) is 14.8. The molecule has 1 aromatic rings. The largest absolute Gasteiger partial charge is 0.445 e. The third-order valence-corrected chi connectivity index (χ3v) is 5.80. The molecule has 2 fully saturated rings. The van der Waals surface area contributed by atoms with Crippen LogP contribution in [0.15, 0.2) is 18.2 Å². The highest BCUT2D eigenvalue weighted by atomic mass is 35.5. The van der Waals surface area contributed by atoms with E-state index in [-0.39, 0.29) is 12.7 Å². The van der Waals surface area contributed by atoms with E-state index in [1.165, 1.54) is 0 Å². The number of rotatable bonds is 8. The van der Waals surface area contributed by atoms with Crippen molar-refractivity contribution in [2.24, 2.45) is 0 Å². The number of amides is 1. The van der Waals surface area contributed by atoms with E-state index in [0.717, 1.165) is 0 Å². The van der Waals surface area contributed by atoms with Crippen molar-refractivity contribution in [1.29, 1.82) is 0 Å². The summed E-state index contributed by atoms with van der Waals surface area (Å²) in [4.78, 5) is 39.5. The number of Topliss-reactive ketones (excluding diaryl/α,β-unsaturated/α-hetero) is 2. The molecule has 1 aliphatic heterocycles. The van der Waals surface area contributed by atoms with Crippen LogP contribution in [0.1, 0.15) is 18.9 Å². The molecule has 2 aliphatic rings. The zero-order valence-electron chi connectivity index (χ0n) is 17.5. The summed E-state index contributed by atoms with van der Waals surface area (Å²) in [6, 6.07) is 4.45. The fourth-order valence-corrected chi connectivity index (χ4v) is 4.30. The molecule has 10 heteroatoms. The highest BCUT2D eigenvalue weighted by Crippen LogP contribution is 2.23. The predicted molar refractivity (Wildman–Crippen MR) is 114 cm³/mol. The van der Waals surface area contributed by atoms with Crippen LogP contribution in [0.2, 0.25) is 10.0 Å². The van der Waals surface area contributed by atoms with Gasteiger partial charge in [-0.3, -0.25) is 14.5 Å². The summed E-state index contributed by atoms with van der Waals surface area (Å²) in [5.74, 6) is -0.889. The van der Waals surface area contributed by atoms with Gasteiger partial charge >= 0.3 is 6.09 Å². The van der Waals surface area contributed by atoms with E-state index >= 15 is 0 Å². The third-order valence-electron chi connectivity index (χ3n) is 5.36.